The summed E-state index contributed by atoms with van der Waals surface area (Å²) in [5, 5.41) is 8.94. The number of rotatable bonds is 7. The maximum Gasteiger partial charge on any atom is 0.315 e. The van der Waals surface area contributed by atoms with E-state index in [2.05, 4.69) is 16.0 Å². The van der Waals surface area contributed by atoms with Gasteiger partial charge in [0, 0.05) is 30.6 Å². The fraction of sp³-hybridized carbons (Fsp3) is 0.667. The van der Waals surface area contributed by atoms with Gasteiger partial charge in [-0.2, -0.15) is 0 Å². The van der Waals surface area contributed by atoms with Gasteiger partial charge in [-0.1, -0.05) is 0 Å². The third-order valence-electron chi connectivity index (χ3n) is 7.52. The van der Waals surface area contributed by atoms with Crippen LogP contribution in [0.2, 0.25) is 0 Å². The molecule has 32 heavy (non-hydrogen) atoms. The van der Waals surface area contributed by atoms with E-state index in [4.69, 9.17) is 9.47 Å². The lowest BCUT2D eigenvalue weighted by atomic mass is 9.53. The zero-order valence-corrected chi connectivity index (χ0v) is 18.4. The van der Waals surface area contributed by atoms with Gasteiger partial charge in [-0.3, -0.25) is 4.79 Å². The van der Waals surface area contributed by atoms with Crippen molar-refractivity contribution >= 4 is 11.9 Å². The first-order valence-electron chi connectivity index (χ1n) is 11.8. The van der Waals surface area contributed by atoms with E-state index in [1.807, 2.05) is 0 Å². The molecular formula is C24H32FN3O4. The smallest absolute Gasteiger partial charge is 0.315 e. The monoisotopic (exact) mass is 445 g/mol. The minimum absolute atomic E-state index is 0.0295. The molecule has 7 nitrogen and oxygen atoms in total. The van der Waals surface area contributed by atoms with Crippen LogP contribution >= 0.6 is 0 Å². The molecule has 1 aromatic carbocycles. The second-order valence-electron chi connectivity index (χ2n) is 10.1. The van der Waals surface area contributed by atoms with Gasteiger partial charge >= 0.3 is 6.03 Å². The van der Waals surface area contributed by atoms with Gasteiger partial charge in [0.15, 0.2) is 6.79 Å². The molecule has 0 radical (unpaired) electrons. The van der Waals surface area contributed by atoms with Crippen molar-refractivity contribution in [2.24, 2.45) is 17.8 Å². The topological polar surface area (TPSA) is 88.7 Å². The summed E-state index contributed by atoms with van der Waals surface area (Å²) in [6.45, 7) is 1.14. The van der Waals surface area contributed by atoms with E-state index in [1.54, 1.807) is 0 Å². The summed E-state index contributed by atoms with van der Waals surface area (Å²) < 4.78 is 24.5. The van der Waals surface area contributed by atoms with Crippen molar-refractivity contribution in [3.8, 4) is 5.75 Å². The van der Waals surface area contributed by atoms with Crippen molar-refractivity contribution in [1.82, 2.24) is 16.0 Å². The third kappa shape index (κ3) is 4.70. The van der Waals surface area contributed by atoms with Crippen molar-refractivity contribution in [1.29, 1.82) is 0 Å². The van der Waals surface area contributed by atoms with Crippen molar-refractivity contribution in [3.63, 3.8) is 0 Å². The van der Waals surface area contributed by atoms with Crippen molar-refractivity contribution in [2.45, 2.75) is 63.5 Å². The predicted octanol–water partition coefficient (Wildman–Crippen LogP) is 3.01. The van der Waals surface area contributed by atoms with E-state index in [9.17, 15) is 14.0 Å². The molecule has 174 valence electrons. The van der Waals surface area contributed by atoms with Crippen LogP contribution in [-0.4, -0.2) is 37.4 Å². The molecule has 4 bridgehead atoms. The molecule has 4 fully saturated rings. The average Bonchev–Trinajstić information content (AvgIpc) is 2.72. The lowest BCUT2D eigenvalue weighted by Crippen LogP contribution is -2.61. The highest BCUT2D eigenvalue weighted by Gasteiger charge is 2.51. The largest absolute Gasteiger partial charge is 0.467 e. The van der Waals surface area contributed by atoms with Crippen LogP contribution < -0.4 is 20.7 Å². The van der Waals surface area contributed by atoms with Gasteiger partial charge in [-0.05, 0) is 80.4 Å². The second kappa shape index (κ2) is 8.89. The van der Waals surface area contributed by atoms with E-state index in [-0.39, 0.29) is 36.5 Å². The van der Waals surface area contributed by atoms with E-state index < -0.39 is 0 Å². The van der Waals surface area contributed by atoms with Crippen LogP contribution in [0.3, 0.4) is 0 Å². The SMILES string of the molecule is O=C(CCNC(=O)NC12CC3CC(CC(C3)C1)C2)NCCc1cc(F)cc2c1OCOC2. The molecule has 1 aliphatic heterocycles. The Hall–Kier alpha value is -2.35. The number of carbonyl (C=O) groups is 2. The number of urea groups is 1. The van der Waals surface area contributed by atoms with Crippen LogP contribution in [0.5, 0.6) is 5.75 Å². The normalized spacial score (nSPS) is 29.7. The lowest BCUT2D eigenvalue weighted by molar-refractivity contribution is -0.120. The molecule has 8 heteroatoms. The van der Waals surface area contributed by atoms with Crippen LogP contribution in [0.15, 0.2) is 12.1 Å². The minimum Gasteiger partial charge on any atom is -0.467 e. The van der Waals surface area contributed by atoms with Gasteiger partial charge in [0.05, 0.1) is 6.61 Å². The lowest BCUT2D eigenvalue weighted by Gasteiger charge is -2.56. The Morgan fingerprint density at radius 2 is 1.75 bits per heavy atom. The molecule has 1 heterocycles. The van der Waals surface area contributed by atoms with Crippen LogP contribution in [0.1, 0.15) is 56.1 Å². The molecule has 0 spiro atoms. The second-order valence-corrected chi connectivity index (χ2v) is 10.1. The first-order valence-corrected chi connectivity index (χ1v) is 11.8. The van der Waals surface area contributed by atoms with Crippen LogP contribution in [0, 0.1) is 23.6 Å². The number of amides is 3. The number of hydrogen-bond donors (Lipinski definition) is 3. The summed E-state index contributed by atoms with van der Waals surface area (Å²) in [6, 6.07) is 2.69. The molecule has 0 atom stereocenters. The Morgan fingerprint density at radius 3 is 2.47 bits per heavy atom. The predicted molar refractivity (Wildman–Crippen MR) is 115 cm³/mol. The maximum absolute atomic E-state index is 13.8. The number of halogens is 1. The zero-order valence-electron chi connectivity index (χ0n) is 18.4. The summed E-state index contributed by atoms with van der Waals surface area (Å²) >= 11 is 0. The van der Waals surface area contributed by atoms with Crippen LogP contribution in [0.4, 0.5) is 9.18 Å². The Kier molecular flexibility index (Phi) is 5.97. The number of hydrogen-bond acceptors (Lipinski definition) is 4. The van der Waals surface area contributed by atoms with Gasteiger partial charge in [0.2, 0.25) is 5.91 Å². The first-order chi connectivity index (χ1) is 15.5. The Balaban J connectivity index is 1.03. The highest BCUT2D eigenvalue weighted by molar-refractivity contribution is 5.78. The maximum atomic E-state index is 13.8. The zero-order chi connectivity index (χ0) is 22.1. The van der Waals surface area contributed by atoms with Gasteiger partial charge in [-0.25, -0.2) is 9.18 Å². The molecule has 5 aliphatic rings. The fourth-order valence-electron chi connectivity index (χ4n) is 6.71. The molecular weight excluding hydrogens is 413 g/mol. The highest BCUT2D eigenvalue weighted by atomic mass is 19.1. The molecule has 4 aliphatic carbocycles. The Morgan fingerprint density at radius 1 is 1.03 bits per heavy atom. The van der Waals surface area contributed by atoms with Crippen molar-refractivity contribution < 1.29 is 23.5 Å². The van der Waals surface area contributed by atoms with E-state index in [0.717, 1.165) is 42.6 Å². The number of ether oxygens (including phenoxy) is 2. The molecule has 0 unspecified atom stereocenters. The number of benzene rings is 1. The van der Waals surface area contributed by atoms with E-state index >= 15 is 0 Å². The van der Waals surface area contributed by atoms with E-state index in [1.165, 1.54) is 31.4 Å². The van der Waals surface area contributed by atoms with Crippen molar-refractivity contribution in [2.75, 3.05) is 19.9 Å². The van der Waals surface area contributed by atoms with Crippen molar-refractivity contribution in [3.05, 3.63) is 29.1 Å². The highest BCUT2D eigenvalue weighted by Crippen LogP contribution is 2.55. The fourth-order valence-corrected chi connectivity index (χ4v) is 6.71. The standard InChI is InChI=1S/C24H32FN3O4/c25-20-8-18(22-19(9-20)13-31-14-32-22)1-3-26-21(29)2-4-27-23(30)28-24-10-15-5-16(11-24)7-17(6-15)12-24/h8-9,15-17H,1-7,10-14H2,(H,26,29)(H2,27,28,30). The summed E-state index contributed by atoms with van der Waals surface area (Å²) in [6.07, 6.45) is 7.99. The first kappa shape index (κ1) is 21.5. The summed E-state index contributed by atoms with van der Waals surface area (Å²) in [5.74, 6) is 2.48. The molecule has 3 N–H and O–H groups in total. The van der Waals surface area contributed by atoms with Gasteiger partial charge in [-0.15, -0.1) is 0 Å². The molecule has 3 amide bonds. The van der Waals surface area contributed by atoms with Gasteiger partial charge in [0.25, 0.3) is 0 Å². The Bertz CT molecular complexity index is 855. The van der Waals surface area contributed by atoms with Gasteiger partial charge < -0.3 is 25.4 Å². The number of carbonyl (C=O) groups excluding carboxylic acids is 2. The molecule has 0 saturated heterocycles. The minimum atomic E-state index is -0.339. The molecule has 0 aromatic heterocycles. The quantitative estimate of drug-likeness (QED) is 0.602. The average molecular weight is 446 g/mol. The summed E-state index contributed by atoms with van der Waals surface area (Å²) in [7, 11) is 0. The molecule has 1 aromatic rings. The molecule has 6 rings (SSSR count). The van der Waals surface area contributed by atoms with Gasteiger partial charge in [0.1, 0.15) is 11.6 Å². The molecule has 4 saturated carbocycles. The number of nitrogens with one attached hydrogen (secondary N) is 3. The third-order valence-corrected chi connectivity index (χ3v) is 7.52. The van der Waals surface area contributed by atoms with E-state index in [0.29, 0.717) is 37.4 Å². The summed E-state index contributed by atoms with van der Waals surface area (Å²) in [5.41, 5.74) is 1.38. The van der Waals surface area contributed by atoms with Crippen LogP contribution in [0.25, 0.3) is 0 Å². The van der Waals surface area contributed by atoms with Crippen LogP contribution in [-0.2, 0) is 22.6 Å². The number of fused-ring (bicyclic) bond motifs is 1. The summed E-state index contributed by atoms with van der Waals surface area (Å²) in [4.78, 5) is 24.6. The Labute approximate surface area is 187 Å².